The summed E-state index contributed by atoms with van der Waals surface area (Å²) in [6.07, 6.45) is 31.7. The largest absolute Gasteiger partial charge is 0.461 e. The Morgan fingerprint density at radius 2 is 1.88 bits per heavy atom. The topological polar surface area (TPSA) is 52.5 Å². The maximum atomic E-state index is 9.48. The molecule has 4 aliphatic carbocycles. The first-order valence-corrected chi connectivity index (χ1v) is 12.5. The van der Waals surface area contributed by atoms with Gasteiger partial charge in [0.1, 0.15) is 11.2 Å². The predicted octanol–water partition coefficient (Wildman–Crippen LogP) is 4.33. The SMILES string of the molecule is N#CC1=CN=CC(C2=C(N3C4C=CC=CC4C4C=c5c6c(oc5=CC43)CCC=C6)CCC=C2)C1. The summed E-state index contributed by atoms with van der Waals surface area (Å²) in [5.41, 5.74) is 5.81. The lowest BCUT2D eigenvalue weighted by Gasteiger charge is -2.37. The first-order valence-electron chi connectivity index (χ1n) is 12.5. The van der Waals surface area contributed by atoms with Crippen molar-refractivity contribution in [3.8, 4) is 6.07 Å². The van der Waals surface area contributed by atoms with Crippen molar-refractivity contribution in [2.75, 3.05) is 0 Å². The van der Waals surface area contributed by atoms with Crippen molar-refractivity contribution in [1.82, 2.24) is 4.90 Å². The highest BCUT2D eigenvalue weighted by Gasteiger charge is 2.48. The summed E-state index contributed by atoms with van der Waals surface area (Å²) in [4.78, 5) is 7.09. The molecule has 34 heavy (non-hydrogen) atoms. The number of aryl methyl sites for hydroxylation is 1. The Hall–Kier alpha value is -3.58. The highest BCUT2D eigenvalue weighted by atomic mass is 16.3. The van der Waals surface area contributed by atoms with Crippen molar-refractivity contribution < 1.29 is 4.42 Å². The van der Waals surface area contributed by atoms with Gasteiger partial charge in [0.15, 0.2) is 0 Å². The van der Waals surface area contributed by atoms with Crippen molar-refractivity contribution in [3.05, 3.63) is 87.5 Å². The molecule has 0 spiro atoms. The molecule has 1 saturated heterocycles. The van der Waals surface area contributed by atoms with Gasteiger partial charge in [-0.05, 0) is 37.3 Å². The monoisotopic (exact) mass is 445 g/mol. The summed E-state index contributed by atoms with van der Waals surface area (Å²) in [5, 5.41) is 10.8. The first kappa shape index (κ1) is 19.9. The summed E-state index contributed by atoms with van der Waals surface area (Å²) >= 11 is 0. The molecule has 3 heterocycles. The molecule has 1 aromatic rings. The number of nitriles is 1. The third kappa shape index (κ3) is 2.93. The van der Waals surface area contributed by atoms with Crippen molar-refractivity contribution >= 4 is 24.4 Å². The van der Waals surface area contributed by atoms with Gasteiger partial charge in [0.25, 0.3) is 0 Å². The van der Waals surface area contributed by atoms with Crippen LogP contribution in [0, 0.1) is 29.1 Å². The smallest absolute Gasteiger partial charge is 0.132 e. The van der Waals surface area contributed by atoms with Crippen LogP contribution in [-0.4, -0.2) is 23.2 Å². The third-order valence-electron chi connectivity index (χ3n) is 8.19. The normalized spacial score (nSPS) is 32.3. The second-order valence-electron chi connectivity index (χ2n) is 10.0. The Kier molecular flexibility index (Phi) is 4.52. The molecular formula is C30H27N3O. The number of nitrogens with zero attached hydrogens (tertiary/aromatic N) is 3. The van der Waals surface area contributed by atoms with Gasteiger partial charge in [-0.1, -0.05) is 54.7 Å². The molecule has 168 valence electrons. The van der Waals surface area contributed by atoms with E-state index in [-0.39, 0.29) is 12.0 Å². The van der Waals surface area contributed by atoms with E-state index in [1.165, 1.54) is 22.1 Å². The number of furan rings is 1. The first-order chi connectivity index (χ1) is 16.8. The van der Waals surface area contributed by atoms with Crippen molar-refractivity contribution in [2.24, 2.45) is 22.7 Å². The summed E-state index contributed by atoms with van der Waals surface area (Å²) in [5.74, 6) is 2.13. The van der Waals surface area contributed by atoms with E-state index in [1.54, 1.807) is 6.20 Å². The minimum atomic E-state index is 0.149. The van der Waals surface area contributed by atoms with Crippen molar-refractivity contribution in [2.45, 2.75) is 44.2 Å². The van der Waals surface area contributed by atoms with E-state index in [0.29, 0.717) is 17.9 Å². The molecule has 2 aliphatic heterocycles. The fraction of sp³-hybridized carbons (Fsp3) is 0.333. The zero-order chi connectivity index (χ0) is 22.6. The van der Waals surface area contributed by atoms with Crippen LogP contribution < -0.4 is 10.6 Å². The van der Waals surface area contributed by atoms with Crippen LogP contribution in [0.15, 0.2) is 75.0 Å². The molecule has 0 N–H and O–H groups in total. The molecule has 0 bridgehead atoms. The molecule has 5 atom stereocenters. The van der Waals surface area contributed by atoms with Gasteiger partial charge in [-0.25, -0.2) is 0 Å². The number of rotatable bonds is 2. The minimum Gasteiger partial charge on any atom is -0.461 e. The van der Waals surface area contributed by atoms with E-state index in [1.807, 2.05) is 6.21 Å². The van der Waals surface area contributed by atoms with Crippen LogP contribution in [0.25, 0.3) is 18.2 Å². The summed E-state index contributed by atoms with van der Waals surface area (Å²) in [7, 11) is 0. The maximum Gasteiger partial charge on any atom is 0.132 e. The molecule has 0 saturated carbocycles. The van der Waals surface area contributed by atoms with E-state index in [2.05, 4.69) is 76.7 Å². The molecule has 4 nitrogen and oxygen atoms in total. The Morgan fingerprint density at radius 1 is 1.00 bits per heavy atom. The summed E-state index contributed by atoms with van der Waals surface area (Å²) in [6, 6.07) is 2.90. The van der Waals surface area contributed by atoms with Gasteiger partial charge in [-0.2, -0.15) is 5.26 Å². The van der Waals surface area contributed by atoms with Gasteiger partial charge < -0.3 is 9.32 Å². The average Bonchev–Trinajstić information content (AvgIpc) is 3.42. The van der Waals surface area contributed by atoms with Gasteiger partial charge >= 0.3 is 0 Å². The molecule has 6 aliphatic rings. The summed E-state index contributed by atoms with van der Waals surface area (Å²) in [6.45, 7) is 0. The fourth-order valence-corrected chi connectivity index (χ4v) is 6.70. The van der Waals surface area contributed by atoms with Crippen LogP contribution >= 0.6 is 0 Å². The van der Waals surface area contributed by atoms with E-state index < -0.39 is 0 Å². The lowest BCUT2D eigenvalue weighted by Crippen LogP contribution is -2.41. The van der Waals surface area contributed by atoms with Gasteiger partial charge in [0.2, 0.25) is 0 Å². The van der Waals surface area contributed by atoms with Crippen LogP contribution in [0.5, 0.6) is 0 Å². The quantitative estimate of drug-likeness (QED) is 0.681. The number of hydrogen-bond acceptors (Lipinski definition) is 4. The molecule has 5 unspecified atom stereocenters. The number of hydrogen-bond donors (Lipinski definition) is 0. The Balaban J connectivity index is 1.37. The Morgan fingerprint density at radius 3 is 2.82 bits per heavy atom. The predicted molar refractivity (Wildman–Crippen MR) is 135 cm³/mol. The van der Waals surface area contributed by atoms with Crippen molar-refractivity contribution in [1.29, 1.82) is 5.26 Å². The Labute approximate surface area is 199 Å². The molecular weight excluding hydrogens is 418 g/mol. The fourth-order valence-electron chi connectivity index (χ4n) is 6.70. The Bertz CT molecular complexity index is 1430. The standard InChI is InChI=1S/C30H27N3O/c31-16-19-13-20(18-32-17-19)21-7-1-4-10-26(21)33-27-11-5-2-8-22(27)24-14-25-23-9-3-6-12-29(23)34-30(25)15-28(24)33/h1-3,5,7-9,11,14-15,17-18,20,22,24,27-28H,4,6,10,12-13H2. The van der Waals surface area contributed by atoms with Crippen LogP contribution in [0.1, 0.15) is 37.0 Å². The van der Waals surface area contributed by atoms with Gasteiger partial charge in [-0.15, -0.1) is 0 Å². The molecule has 0 amide bonds. The third-order valence-corrected chi connectivity index (χ3v) is 8.19. The zero-order valence-corrected chi connectivity index (χ0v) is 19.1. The average molecular weight is 446 g/mol. The van der Waals surface area contributed by atoms with Crippen LogP contribution in [0.4, 0.5) is 0 Å². The van der Waals surface area contributed by atoms with E-state index >= 15 is 0 Å². The van der Waals surface area contributed by atoms with Crippen LogP contribution in [0.3, 0.4) is 0 Å². The van der Waals surface area contributed by atoms with Crippen LogP contribution in [0.2, 0.25) is 0 Å². The zero-order valence-electron chi connectivity index (χ0n) is 19.1. The second-order valence-corrected chi connectivity index (χ2v) is 10.0. The number of fused-ring (bicyclic) bond motifs is 6. The van der Waals surface area contributed by atoms with E-state index in [0.717, 1.165) is 48.9 Å². The highest BCUT2D eigenvalue weighted by Crippen LogP contribution is 2.46. The van der Waals surface area contributed by atoms with Gasteiger partial charge in [-0.3, -0.25) is 4.99 Å². The number of aliphatic imine (C=N–C) groups is 1. The number of likely N-dealkylation sites (tertiary alicyclic amines) is 1. The molecule has 7 rings (SSSR count). The van der Waals surface area contributed by atoms with Gasteiger partial charge in [0.05, 0.1) is 18.2 Å². The lowest BCUT2D eigenvalue weighted by molar-refractivity contribution is 0.295. The van der Waals surface area contributed by atoms with Crippen molar-refractivity contribution in [3.63, 3.8) is 0 Å². The lowest BCUT2D eigenvalue weighted by atomic mass is 9.82. The minimum absolute atomic E-state index is 0.149. The molecule has 0 aromatic carbocycles. The molecule has 0 radical (unpaired) electrons. The summed E-state index contributed by atoms with van der Waals surface area (Å²) < 4.78 is 6.40. The number of allylic oxidation sites excluding steroid dienone is 8. The van der Waals surface area contributed by atoms with Crippen LogP contribution in [-0.2, 0) is 6.42 Å². The van der Waals surface area contributed by atoms with E-state index in [4.69, 9.17) is 4.42 Å². The van der Waals surface area contributed by atoms with Gasteiger partial charge in [0, 0.05) is 58.6 Å². The molecule has 1 aromatic heterocycles. The molecule has 1 fully saturated rings. The van der Waals surface area contributed by atoms with E-state index in [9.17, 15) is 5.26 Å². The molecule has 4 heteroatoms. The highest BCUT2D eigenvalue weighted by molar-refractivity contribution is 5.71. The second kappa shape index (κ2) is 7.74. The maximum absolute atomic E-state index is 9.48.